The minimum Gasteiger partial charge on any atom is -0.462 e. The van der Waals surface area contributed by atoms with Gasteiger partial charge in [0.05, 0.1) is 6.61 Å². The second-order valence-electron chi connectivity index (χ2n) is 2.85. The Balaban J connectivity index is 2.56. The van der Waals surface area contributed by atoms with Crippen LogP contribution in [0.15, 0.2) is 23.8 Å². The van der Waals surface area contributed by atoms with Crippen molar-refractivity contribution in [3.63, 3.8) is 0 Å². The molecule has 1 aliphatic rings. The molecule has 60 valence electrons. The van der Waals surface area contributed by atoms with E-state index in [2.05, 4.69) is 6.58 Å². The maximum atomic E-state index is 10.7. The fraction of sp³-hybridized carbons (Fsp3) is 0.444. The van der Waals surface area contributed by atoms with Gasteiger partial charge in [-0.2, -0.15) is 0 Å². The maximum absolute atomic E-state index is 10.7. The summed E-state index contributed by atoms with van der Waals surface area (Å²) in [6.45, 7) is 6.27. The molecule has 0 aromatic heterocycles. The number of esters is 1. The van der Waals surface area contributed by atoms with Crippen LogP contribution in [0.4, 0.5) is 0 Å². The van der Waals surface area contributed by atoms with Gasteiger partial charge in [0, 0.05) is 12.5 Å². The van der Waals surface area contributed by atoms with Crippen molar-refractivity contribution in [2.45, 2.75) is 19.8 Å². The van der Waals surface area contributed by atoms with E-state index in [-0.39, 0.29) is 5.97 Å². The average molecular weight is 152 g/mol. The number of hydrogen-bond donors (Lipinski definition) is 0. The second kappa shape index (κ2) is 3.37. The summed E-state index contributed by atoms with van der Waals surface area (Å²) < 4.78 is 4.74. The molecule has 0 saturated heterocycles. The standard InChI is InChI=1S/C9H12O2/c1-7(2)5-8-3-4-11-9(10)6-8/h6H,1,3-5H2,2H3. The largest absolute Gasteiger partial charge is 0.462 e. The van der Waals surface area contributed by atoms with Gasteiger partial charge in [0.25, 0.3) is 0 Å². The number of allylic oxidation sites excluding steroid dienone is 1. The van der Waals surface area contributed by atoms with Crippen molar-refractivity contribution in [1.82, 2.24) is 0 Å². The van der Waals surface area contributed by atoms with E-state index in [1.165, 1.54) is 0 Å². The van der Waals surface area contributed by atoms with E-state index in [4.69, 9.17) is 4.74 Å². The summed E-state index contributed by atoms with van der Waals surface area (Å²) in [5.74, 6) is -0.215. The Kier molecular flexibility index (Phi) is 2.47. The molecule has 1 rings (SSSR count). The third-order valence-corrected chi connectivity index (χ3v) is 1.52. The summed E-state index contributed by atoms with van der Waals surface area (Å²) in [6.07, 6.45) is 3.26. The topological polar surface area (TPSA) is 26.3 Å². The van der Waals surface area contributed by atoms with Gasteiger partial charge in [0.2, 0.25) is 0 Å². The third-order valence-electron chi connectivity index (χ3n) is 1.52. The lowest BCUT2D eigenvalue weighted by Gasteiger charge is -2.12. The zero-order valence-electron chi connectivity index (χ0n) is 6.72. The van der Waals surface area contributed by atoms with E-state index in [9.17, 15) is 4.79 Å². The molecular formula is C9H12O2. The van der Waals surface area contributed by atoms with E-state index in [1.807, 2.05) is 6.92 Å². The summed E-state index contributed by atoms with van der Waals surface area (Å²) >= 11 is 0. The Bertz CT molecular complexity index is 214. The summed E-state index contributed by atoms with van der Waals surface area (Å²) in [5.41, 5.74) is 2.22. The number of cyclic esters (lactones) is 1. The average Bonchev–Trinajstić information content (AvgIpc) is 1.85. The Morgan fingerprint density at radius 2 is 2.55 bits per heavy atom. The first-order chi connectivity index (χ1) is 5.18. The molecule has 0 fully saturated rings. The predicted molar refractivity (Wildman–Crippen MR) is 43.1 cm³/mol. The molecule has 2 heteroatoms. The molecule has 0 aromatic rings. The fourth-order valence-corrected chi connectivity index (χ4v) is 1.09. The van der Waals surface area contributed by atoms with Gasteiger partial charge in [0.15, 0.2) is 0 Å². The van der Waals surface area contributed by atoms with Crippen molar-refractivity contribution >= 4 is 5.97 Å². The van der Waals surface area contributed by atoms with Gasteiger partial charge in [-0.25, -0.2) is 4.79 Å². The van der Waals surface area contributed by atoms with Crippen molar-refractivity contribution < 1.29 is 9.53 Å². The van der Waals surface area contributed by atoms with Crippen LogP contribution < -0.4 is 0 Å². The van der Waals surface area contributed by atoms with Gasteiger partial charge in [-0.15, -0.1) is 0 Å². The quantitative estimate of drug-likeness (QED) is 0.445. The normalized spacial score (nSPS) is 17.2. The summed E-state index contributed by atoms with van der Waals surface area (Å²) in [6, 6.07) is 0. The molecule has 11 heavy (non-hydrogen) atoms. The van der Waals surface area contributed by atoms with Gasteiger partial charge >= 0.3 is 5.97 Å². The Hall–Kier alpha value is -1.05. The van der Waals surface area contributed by atoms with E-state index < -0.39 is 0 Å². The molecule has 0 amide bonds. The monoisotopic (exact) mass is 152 g/mol. The van der Waals surface area contributed by atoms with Crippen molar-refractivity contribution in [2.24, 2.45) is 0 Å². The first-order valence-electron chi connectivity index (χ1n) is 3.69. The molecular weight excluding hydrogens is 140 g/mol. The van der Waals surface area contributed by atoms with Crippen LogP contribution in [-0.4, -0.2) is 12.6 Å². The number of hydrogen-bond acceptors (Lipinski definition) is 2. The van der Waals surface area contributed by atoms with Crippen LogP contribution in [-0.2, 0) is 9.53 Å². The molecule has 0 N–H and O–H groups in total. The van der Waals surface area contributed by atoms with Gasteiger partial charge < -0.3 is 4.74 Å². The molecule has 0 radical (unpaired) electrons. The molecule has 2 nitrogen and oxygen atoms in total. The fourth-order valence-electron chi connectivity index (χ4n) is 1.09. The zero-order valence-corrected chi connectivity index (χ0v) is 6.72. The highest BCUT2D eigenvalue weighted by Crippen LogP contribution is 2.16. The zero-order chi connectivity index (χ0) is 8.27. The predicted octanol–water partition coefficient (Wildman–Crippen LogP) is 1.83. The first-order valence-corrected chi connectivity index (χ1v) is 3.69. The Labute approximate surface area is 66.5 Å². The first kappa shape index (κ1) is 8.05. The lowest BCUT2D eigenvalue weighted by atomic mass is 10.0. The molecule has 0 aliphatic carbocycles. The highest BCUT2D eigenvalue weighted by atomic mass is 16.5. The third kappa shape index (κ3) is 2.58. The Morgan fingerprint density at radius 1 is 1.82 bits per heavy atom. The second-order valence-corrected chi connectivity index (χ2v) is 2.85. The SMILES string of the molecule is C=C(C)CC1=CC(=O)OCC1. The molecule has 0 atom stereocenters. The van der Waals surface area contributed by atoms with Crippen molar-refractivity contribution in [2.75, 3.05) is 6.61 Å². The van der Waals surface area contributed by atoms with Gasteiger partial charge in [-0.05, 0) is 13.3 Å². The highest BCUT2D eigenvalue weighted by molar-refractivity contribution is 5.83. The van der Waals surface area contributed by atoms with E-state index in [0.29, 0.717) is 6.61 Å². The van der Waals surface area contributed by atoms with E-state index in [0.717, 1.165) is 24.0 Å². The van der Waals surface area contributed by atoms with Crippen molar-refractivity contribution in [3.05, 3.63) is 23.8 Å². The number of carbonyl (C=O) groups excluding carboxylic acids is 1. The molecule has 0 saturated carbocycles. The van der Waals surface area contributed by atoms with Gasteiger partial charge in [-0.3, -0.25) is 0 Å². The summed E-state index contributed by atoms with van der Waals surface area (Å²) in [5, 5.41) is 0. The van der Waals surface area contributed by atoms with Crippen LogP contribution in [0.5, 0.6) is 0 Å². The van der Waals surface area contributed by atoms with Crippen LogP contribution in [0, 0.1) is 0 Å². The number of carbonyl (C=O) groups is 1. The highest BCUT2D eigenvalue weighted by Gasteiger charge is 2.09. The molecule has 0 spiro atoms. The molecule has 0 bridgehead atoms. The molecule has 0 unspecified atom stereocenters. The van der Waals surface area contributed by atoms with E-state index >= 15 is 0 Å². The minimum absolute atomic E-state index is 0.215. The van der Waals surface area contributed by atoms with Crippen LogP contribution >= 0.6 is 0 Å². The number of ether oxygens (including phenoxy) is 1. The molecule has 0 aromatic carbocycles. The van der Waals surface area contributed by atoms with Crippen molar-refractivity contribution in [3.8, 4) is 0 Å². The minimum atomic E-state index is -0.215. The van der Waals surface area contributed by atoms with Crippen LogP contribution in [0.3, 0.4) is 0 Å². The summed E-state index contributed by atoms with van der Waals surface area (Å²) in [4.78, 5) is 10.7. The van der Waals surface area contributed by atoms with Crippen LogP contribution in [0.25, 0.3) is 0 Å². The van der Waals surface area contributed by atoms with E-state index in [1.54, 1.807) is 6.08 Å². The smallest absolute Gasteiger partial charge is 0.330 e. The van der Waals surface area contributed by atoms with Crippen molar-refractivity contribution in [1.29, 1.82) is 0 Å². The lowest BCUT2D eigenvalue weighted by molar-refractivity contribution is -0.138. The number of rotatable bonds is 2. The van der Waals surface area contributed by atoms with Crippen LogP contribution in [0.2, 0.25) is 0 Å². The van der Waals surface area contributed by atoms with Gasteiger partial charge in [-0.1, -0.05) is 17.7 Å². The van der Waals surface area contributed by atoms with Crippen LogP contribution in [0.1, 0.15) is 19.8 Å². The molecule has 1 heterocycles. The summed E-state index contributed by atoms with van der Waals surface area (Å²) in [7, 11) is 0. The molecule has 1 aliphatic heterocycles. The maximum Gasteiger partial charge on any atom is 0.330 e. The lowest BCUT2D eigenvalue weighted by Crippen LogP contribution is -2.10. The Morgan fingerprint density at radius 3 is 3.09 bits per heavy atom. The van der Waals surface area contributed by atoms with Gasteiger partial charge in [0.1, 0.15) is 0 Å².